The molecule has 6 heteroatoms. The number of carbonyl (C=O) groups is 1. The Morgan fingerprint density at radius 2 is 2.05 bits per heavy atom. The minimum atomic E-state index is -1.31. The van der Waals surface area contributed by atoms with Crippen LogP contribution in [0, 0.1) is 5.82 Å². The standard InChI is InChI=1S/C14H20FNO4/c1-14(19,10-17)9-16-13(18)3-2-8-20-12-6-4-11(15)5-7-12/h4-7,17,19H,2-3,8-10H2,1H3,(H,16,18). The second-order valence-electron chi connectivity index (χ2n) is 4.84. The lowest BCUT2D eigenvalue weighted by Crippen LogP contribution is -2.43. The Hall–Kier alpha value is -1.66. The van der Waals surface area contributed by atoms with E-state index in [4.69, 9.17) is 9.84 Å². The lowest BCUT2D eigenvalue weighted by Gasteiger charge is -2.20. The van der Waals surface area contributed by atoms with Gasteiger partial charge >= 0.3 is 0 Å². The van der Waals surface area contributed by atoms with Crippen LogP contribution in [0.1, 0.15) is 19.8 Å². The molecule has 0 aliphatic rings. The highest BCUT2D eigenvalue weighted by molar-refractivity contribution is 5.75. The van der Waals surface area contributed by atoms with Gasteiger partial charge in [-0.1, -0.05) is 0 Å². The zero-order chi connectivity index (χ0) is 15.0. The van der Waals surface area contributed by atoms with Crippen LogP contribution in [-0.2, 0) is 4.79 Å². The molecule has 1 rings (SSSR count). The van der Waals surface area contributed by atoms with Crippen molar-refractivity contribution in [2.24, 2.45) is 0 Å². The van der Waals surface area contributed by atoms with Gasteiger partial charge < -0.3 is 20.3 Å². The summed E-state index contributed by atoms with van der Waals surface area (Å²) in [7, 11) is 0. The van der Waals surface area contributed by atoms with Gasteiger partial charge in [-0.3, -0.25) is 4.79 Å². The first-order valence-electron chi connectivity index (χ1n) is 6.41. The maximum Gasteiger partial charge on any atom is 0.220 e. The van der Waals surface area contributed by atoms with Crippen molar-refractivity contribution in [3.8, 4) is 5.75 Å². The number of hydrogen-bond donors (Lipinski definition) is 3. The van der Waals surface area contributed by atoms with Gasteiger partial charge in [0.1, 0.15) is 17.2 Å². The normalized spacial score (nSPS) is 13.6. The molecular weight excluding hydrogens is 265 g/mol. The number of amides is 1. The minimum Gasteiger partial charge on any atom is -0.494 e. The average molecular weight is 285 g/mol. The molecular formula is C14H20FNO4. The van der Waals surface area contributed by atoms with Gasteiger partial charge in [-0.2, -0.15) is 0 Å². The van der Waals surface area contributed by atoms with E-state index >= 15 is 0 Å². The summed E-state index contributed by atoms with van der Waals surface area (Å²) in [5.41, 5.74) is -1.31. The molecule has 0 bridgehead atoms. The maximum absolute atomic E-state index is 12.6. The van der Waals surface area contributed by atoms with Crippen molar-refractivity contribution in [2.75, 3.05) is 19.8 Å². The molecule has 5 nitrogen and oxygen atoms in total. The topological polar surface area (TPSA) is 78.8 Å². The first-order valence-corrected chi connectivity index (χ1v) is 6.41. The Labute approximate surface area is 117 Å². The zero-order valence-corrected chi connectivity index (χ0v) is 11.4. The number of rotatable bonds is 8. The van der Waals surface area contributed by atoms with Gasteiger partial charge in [-0.25, -0.2) is 4.39 Å². The van der Waals surface area contributed by atoms with E-state index < -0.39 is 12.2 Å². The van der Waals surface area contributed by atoms with Crippen LogP contribution in [0.4, 0.5) is 4.39 Å². The summed E-state index contributed by atoms with van der Waals surface area (Å²) in [5.74, 6) is 0.00381. The molecule has 0 saturated carbocycles. The third-order valence-corrected chi connectivity index (χ3v) is 2.64. The molecule has 3 N–H and O–H groups in total. The fraction of sp³-hybridized carbons (Fsp3) is 0.500. The summed E-state index contributed by atoms with van der Waals surface area (Å²) in [6.45, 7) is 1.36. The van der Waals surface area contributed by atoms with E-state index in [0.717, 1.165) is 0 Å². The van der Waals surface area contributed by atoms with E-state index in [-0.39, 0.29) is 24.7 Å². The molecule has 1 aromatic rings. The molecule has 1 amide bonds. The van der Waals surface area contributed by atoms with Crippen molar-refractivity contribution in [1.29, 1.82) is 0 Å². The highest BCUT2D eigenvalue weighted by Crippen LogP contribution is 2.11. The number of aliphatic hydroxyl groups excluding tert-OH is 1. The number of halogens is 1. The predicted octanol–water partition coefficient (Wildman–Crippen LogP) is 0.844. The molecule has 1 aromatic carbocycles. The number of benzene rings is 1. The van der Waals surface area contributed by atoms with Crippen molar-refractivity contribution >= 4 is 5.91 Å². The highest BCUT2D eigenvalue weighted by atomic mass is 19.1. The average Bonchev–Trinajstić information content (AvgIpc) is 2.43. The summed E-state index contributed by atoms with van der Waals surface area (Å²) < 4.78 is 18.0. The van der Waals surface area contributed by atoms with Crippen LogP contribution >= 0.6 is 0 Å². The highest BCUT2D eigenvalue weighted by Gasteiger charge is 2.19. The number of aliphatic hydroxyl groups is 2. The van der Waals surface area contributed by atoms with Crippen molar-refractivity contribution in [3.05, 3.63) is 30.1 Å². The van der Waals surface area contributed by atoms with Crippen LogP contribution in [0.5, 0.6) is 5.75 Å². The smallest absolute Gasteiger partial charge is 0.220 e. The van der Waals surface area contributed by atoms with Crippen LogP contribution in [-0.4, -0.2) is 41.5 Å². The Morgan fingerprint density at radius 3 is 2.65 bits per heavy atom. The molecule has 0 heterocycles. The van der Waals surface area contributed by atoms with E-state index in [0.29, 0.717) is 18.8 Å². The number of ether oxygens (including phenoxy) is 1. The van der Waals surface area contributed by atoms with Gasteiger partial charge in [0.2, 0.25) is 5.91 Å². The SMILES string of the molecule is CC(O)(CO)CNC(=O)CCCOc1ccc(F)cc1. The van der Waals surface area contributed by atoms with Gasteiger partial charge in [0, 0.05) is 13.0 Å². The van der Waals surface area contributed by atoms with E-state index in [2.05, 4.69) is 5.32 Å². The molecule has 20 heavy (non-hydrogen) atoms. The lowest BCUT2D eigenvalue weighted by atomic mass is 10.1. The maximum atomic E-state index is 12.6. The van der Waals surface area contributed by atoms with Crippen molar-refractivity contribution in [1.82, 2.24) is 5.32 Å². The predicted molar refractivity (Wildman–Crippen MR) is 71.8 cm³/mol. The molecule has 0 aliphatic heterocycles. The second-order valence-corrected chi connectivity index (χ2v) is 4.84. The molecule has 0 saturated heterocycles. The molecule has 112 valence electrons. The number of carbonyl (C=O) groups excluding carboxylic acids is 1. The van der Waals surface area contributed by atoms with Crippen LogP contribution in [0.3, 0.4) is 0 Å². The monoisotopic (exact) mass is 285 g/mol. The van der Waals surface area contributed by atoms with E-state index in [1.165, 1.54) is 31.2 Å². The molecule has 0 radical (unpaired) electrons. The molecule has 0 spiro atoms. The quantitative estimate of drug-likeness (QED) is 0.619. The lowest BCUT2D eigenvalue weighted by molar-refractivity contribution is -0.122. The molecule has 0 aromatic heterocycles. The van der Waals surface area contributed by atoms with Gasteiger partial charge in [0.15, 0.2) is 0 Å². The van der Waals surface area contributed by atoms with Crippen molar-refractivity contribution in [3.63, 3.8) is 0 Å². The molecule has 0 aliphatic carbocycles. The van der Waals surface area contributed by atoms with Crippen LogP contribution in [0.2, 0.25) is 0 Å². The van der Waals surface area contributed by atoms with Crippen LogP contribution < -0.4 is 10.1 Å². The Morgan fingerprint density at radius 1 is 1.40 bits per heavy atom. The number of hydrogen-bond acceptors (Lipinski definition) is 4. The first kappa shape index (κ1) is 16.4. The van der Waals surface area contributed by atoms with Crippen molar-refractivity contribution in [2.45, 2.75) is 25.4 Å². The van der Waals surface area contributed by atoms with E-state index in [1.807, 2.05) is 0 Å². The summed E-state index contributed by atoms with van der Waals surface area (Å²) in [4.78, 5) is 11.5. The third-order valence-electron chi connectivity index (χ3n) is 2.64. The largest absolute Gasteiger partial charge is 0.494 e. The number of nitrogens with one attached hydrogen (secondary N) is 1. The van der Waals surface area contributed by atoms with Crippen LogP contribution in [0.15, 0.2) is 24.3 Å². The first-order chi connectivity index (χ1) is 9.43. The molecule has 0 fully saturated rings. The Balaban J connectivity index is 2.14. The third kappa shape index (κ3) is 6.49. The minimum absolute atomic E-state index is 0.00114. The second kappa shape index (κ2) is 7.81. The summed E-state index contributed by atoms with van der Waals surface area (Å²) in [6.07, 6.45) is 0.757. The molecule has 1 atom stereocenters. The fourth-order valence-corrected chi connectivity index (χ4v) is 1.39. The fourth-order valence-electron chi connectivity index (χ4n) is 1.39. The zero-order valence-electron chi connectivity index (χ0n) is 11.4. The van der Waals surface area contributed by atoms with Crippen molar-refractivity contribution < 1.29 is 24.1 Å². The van der Waals surface area contributed by atoms with Crippen LogP contribution in [0.25, 0.3) is 0 Å². The van der Waals surface area contributed by atoms with Gasteiger partial charge in [-0.15, -0.1) is 0 Å². The van der Waals surface area contributed by atoms with Gasteiger partial charge in [-0.05, 0) is 37.6 Å². The summed E-state index contributed by atoms with van der Waals surface area (Å²) in [6, 6.07) is 5.65. The summed E-state index contributed by atoms with van der Waals surface area (Å²) >= 11 is 0. The Bertz CT molecular complexity index is 420. The van der Waals surface area contributed by atoms with Gasteiger partial charge in [0.25, 0.3) is 0 Å². The summed E-state index contributed by atoms with van der Waals surface area (Å²) in [5, 5.41) is 20.8. The van der Waals surface area contributed by atoms with E-state index in [9.17, 15) is 14.3 Å². The van der Waals surface area contributed by atoms with E-state index in [1.54, 1.807) is 0 Å². The molecule has 1 unspecified atom stereocenters. The Kier molecular flexibility index (Phi) is 6.41. The van der Waals surface area contributed by atoms with Gasteiger partial charge in [0.05, 0.1) is 13.2 Å².